The second kappa shape index (κ2) is 11.5. The Morgan fingerprint density at radius 1 is 1.07 bits per heavy atom. The number of aliphatic imine (C=N–C) groups is 1. The monoisotopic (exact) mass is 574 g/mol. The van der Waals surface area contributed by atoms with Gasteiger partial charge in [-0.2, -0.15) is 0 Å². The fourth-order valence-corrected chi connectivity index (χ4v) is 5.22. The third-order valence-corrected chi connectivity index (χ3v) is 7.28. The Hall–Kier alpha value is -4.80. The first-order valence-corrected chi connectivity index (χ1v) is 13.1. The average Bonchev–Trinajstić information content (AvgIpc) is 3.47. The molecule has 0 saturated carbocycles. The Bertz CT molecular complexity index is 1740. The van der Waals surface area contributed by atoms with Gasteiger partial charge in [0, 0.05) is 28.3 Å². The van der Waals surface area contributed by atoms with Gasteiger partial charge in [0.2, 0.25) is 5.90 Å². The average molecular weight is 575 g/mol. The molecule has 4 aromatic rings. The first-order chi connectivity index (χ1) is 19.3. The number of non-ortho nitro benzene ring substituents is 1. The fraction of sp³-hybridized carbons (Fsp3) is 0.0690. The lowest BCUT2D eigenvalue weighted by molar-refractivity contribution is -0.384. The maximum atomic E-state index is 13.0. The summed E-state index contributed by atoms with van der Waals surface area (Å²) >= 11 is 7.39. The minimum atomic E-state index is -0.736. The molecule has 0 unspecified atom stereocenters. The molecule has 0 spiro atoms. The lowest BCUT2D eigenvalue weighted by Gasteiger charge is -2.11. The van der Waals surface area contributed by atoms with Gasteiger partial charge in [0.25, 0.3) is 5.69 Å². The van der Waals surface area contributed by atoms with Gasteiger partial charge in [-0.15, -0.1) is 11.3 Å². The van der Waals surface area contributed by atoms with Crippen LogP contribution in [0, 0.1) is 10.1 Å². The minimum Gasteiger partial charge on any atom is -0.490 e. The van der Waals surface area contributed by atoms with E-state index in [-0.39, 0.29) is 45.3 Å². The van der Waals surface area contributed by atoms with Gasteiger partial charge in [-0.1, -0.05) is 48.0 Å². The molecule has 0 N–H and O–H groups in total. The Morgan fingerprint density at radius 2 is 1.88 bits per heavy atom. The van der Waals surface area contributed by atoms with Crippen molar-refractivity contribution in [3.63, 3.8) is 0 Å². The SMILES string of the molecule is CCOc1cc(/C=C2N=C(/C=C/c3ccccc3)OC/2=O)ccc1OC(=O)c1sc2cc([N+](=O)[O-])ccc2c1Cl. The summed E-state index contributed by atoms with van der Waals surface area (Å²) in [6.45, 7) is 2.06. The summed E-state index contributed by atoms with van der Waals surface area (Å²) in [5.41, 5.74) is 1.50. The standard InChI is InChI=1S/C29H19ClN2O7S/c1-2-37-23-15-18(14-21-28(33)39-25(31-21)13-9-17-6-4-3-5-7-17)8-12-22(23)38-29(34)27-26(30)20-11-10-19(32(35)36)16-24(20)40-27/h3-16H,2H2,1H3/b13-9+,21-14+. The van der Waals surface area contributed by atoms with E-state index in [1.54, 1.807) is 31.2 Å². The Labute approximate surface area is 236 Å². The van der Waals surface area contributed by atoms with Crippen molar-refractivity contribution in [3.8, 4) is 11.5 Å². The van der Waals surface area contributed by atoms with Gasteiger partial charge < -0.3 is 14.2 Å². The molecule has 1 aromatic heterocycles. The van der Waals surface area contributed by atoms with E-state index in [1.165, 1.54) is 30.3 Å². The van der Waals surface area contributed by atoms with Crippen molar-refractivity contribution < 1.29 is 28.7 Å². The minimum absolute atomic E-state index is 0.102. The predicted octanol–water partition coefficient (Wildman–Crippen LogP) is 7.09. The zero-order valence-corrected chi connectivity index (χ0v) is 22.4. The van der Waals surface area contributed by atoms with Crippen LogP contribution in [0.3, 0.4) is 0 Å². The van der Waals surface area contributed by atoms with Gasteiger partial charge in [-0.3, -0.25) is 10.1 Å². The van der Waals surface area contributed by atoms with Crippen LogP contribution in [0.4, 0.5) is 5.69 Å². The van der Waals surface area contributed by atoms with Gasteiger partial charge in [0.05, 0.1) is 16.6 Å². The van der Waals surface area contributed by atoms with E-state index in [9.17, 15) is 19.7 Å². The third kappa shape index (κ3) is 5.78. The predicted molar refractivity (Wildman–Crippen MR) is 153 cm³/mol. The van der Waals surface area contributed by atoms with Crippen LogP contribution in [0.5, 0.6) is 11.5 Å². The number of esters is 2. The van der Waals surface area contributed by atoms with Crippen LogP contribution in [0.2, 0.25) is 5.02 Å². The highest BCUT2D eigenvalue weighted by Crippen LogP contribution is 2.39. The second-order valence-corrected chi connectivity index (χ2v) is 9.75. The van der Waals surface area contributed by atoms with Crippen LogP contribution in [0.1, 0.15) is 27.7 Å². The fourth-order valence-electron chi connectivity index (χ4n) is 3.80. The van der Waals surface area contributed by atoms with Crippen LogP contribution in [-0.4, -0.2) is 29.4 Å². The molecule has 0 atom stereocenters. The number of carbonyl (C=O) groups is 2. The van der Waals surface area contributed by atoms with Crippen molar-refractivity contribution in [3.05, 3.63) is 110 Å². The van der Waals surface area contributed by atoms with E-state index in [0.29, 0.717) is 15.6 Å². The number of ether oxygens (including phenoxy) is 3. The van der Waals surface area contributed by atoms with Crippen LogP contribution >= 0.6 is 22.9 Å². The summed E-state index contributed by atoms with van der Waals surface area (Å²) in [7, 11) is 0. The number of rotatable bonds is 8. The summed E-state index contributed by atoms with van der Waals surface area (Å²) in [6, 6.07) is 18.5. The molecule has 2 heterocycles. The maximum Gasteiger partial charge on any atom is 0.363 e. The molecule has 0 radical (unpaired) electrons. The number of carbonyl (C=O) groups excluding carboxylic acids is 2. The Kier molecular flexibility index (Phi) is 7.72. The van der Waals surface area contributed by atoms with Gasteiger partial charge >= 0.3 is 11.9 Å². The molecule has 200 valence electrons. The van der Waals surface area contributed by atoms with Crippen LogP contribution in [0.15, 0.2) is 83.5 Å². The largest absolute Gasteiger partial charge is 0.490 e. The van der Waals surface area contributed by atoms with Crippen molar-refractivity contribution in [1.82, 2.24) is 0 Å². The molecule has 11 heteroatoms. The lowest BCUT2D eigenvalue weighted by atomic mass is 10.1. The molecule has 40 heavy (non-hydrogen) atoms. The number of nitro benzene ring substituents is 1. The molecule has 1 aliphatic rings. The number of hydrogen-bond donors (Lipinski definition) is 0. The molecule has 0 amide bonds. The Balaban J connectivity index is 1.37. The smallest absolute Gasteiger partial charge is 0.363 e. The highest BCUT2D eigenvalue weighted by atomic mass is 35.5. The normalized spacial score (nSPS) is 14.0. The summed E-state index contributed by atoms with van der Waals surface area (Å²) in [4.78, 5) is 40.3. The molecule has 1 aliphatic heterocycles. The number of hydrogen-bond acceptors (Lipinski definition) is 9. The van der Waals surface area contributed by atoms with Gasteiger partial charge in [-0.05, 0) is 48.4 Å². The number of fused-ring (bicyclic) bond motifs is 1. The highest BCUT2D eigenvalue weighted by molar-refractivity contribution is 7.21. The van der Waals surface area contributed by atoms with Crippen molar-refractivity contribution >= 4 is 68.7 Å². The van der Waals surface area contributed by atoms with E-state index in [4.69, 9.17) is 25.8 Å². The van der Waals surface area contributed by atoms with Crippen molar-refractivity contribution in [1.29, 1.82) is 0 Å². The molecule has 0 bridgehead atoms. The van der Waals surface area contributed by atoms with E-state index in [2.05, 4.69) is 4.99 Å². The second-order valence-electron chi connectivity index (χ2n) is 8.32. The highest BCUT2D eigenvalue weighted by Gasteiger charge is 2.24. The number of nitro groups is 1. The molecular weight excluding hydrogens is 556 g/mol. The summed E-state index contributed by atoms with van der Waals surface area (Å²) in [6.07, 6.45) is 4.94. The quantitative estimate of drug-likeness (QED) is 0.0724. The third-order valence-electron chi connectivity index (χ3n) is 5.64. The van der Waals surface area contributed by atoms with Crippen molar-refractivity contribution in [2.45, 2.75) is 6.92 Å². The van der Waals surface area contributed by atoms with Gasteiger partial charge in [-0.25, -0.2) is 14.6 Å². The van der Waals surface area contributed by atoms with Crippen LogP contribution in [-0.2, 0) is 9.53 Å². The lowest BCUT2D eigenvalue weighted by Crippen LogP contribution is -2.08. The van der Waals surface area contributed by atoms with E-state index in [0.717, 1.165) is 16.9 Å². The molecule has 5 rings (SSSR count). The number of benzene rings is 3. The van der Waals surface area contributed by atoms with Crippen molar-refractivity contribution in [2.24, 2.45) is 4.99 Å². The summed E-state index contributed by atoms with van der Waals surface area (Å²) in [5, 5.41) is 11.8. The molecule has 0 aliphatic carbocycles. The van der Waals surface area contributed by atoms with Crippen LogP contribution < -0.4 is 9.47 Å². The van der Waals surface area contributed by atoms with Gasteiger partial charge in [0.1, 0.15) is 4.88 Å². The number of nitrogens with zero attached hydrogens (tertiary/aromatic N) is 2. The molecule has 0 saturated heterocycles. The number of cyclic esters (lactones) is 1. The zero-order chi connectivity index (χ0) is 28.2. The first-order valence-electron chi connectivity index (χ1n) is 11.9. The van der Waals surface area contributed by atoms with Gasteiger partial charge in [0.15, 0.2) is 17.2 Å². The molecular formula is C29H19ClN2O7S. The van der Waals surface area contributed by atoms with Crippen LogP contribution in [0.25, 0.3) is 22.2 Å². The first kappa shape index (κ1) is 26.8. The van der Waals surface area contributed by atoms with E-state index in [1.807, 2.05) is 30.3 Å². The van der Waals surface area contributed by atoms with E-state index < -0.39 is 16.9 Å². The molecule has 0 fully saturated rings. The van der Waals surface area contributed by atoms with Crippen molar-refractivity contribution in [2.75, 3.05) is 6.61 Å². The number of halogens is 1. The topological polar surface area (TPSA) is 117 Å². The summed E-state index contributed by atoms with van der Waals surface area (Å²) in [5.74, 6) is -0.767. The Morgan fingerprint density at radius 3 is 2.62 bits per heavy atom. The van der Waals surface area contributed by atoms with E-state index >= 15 is 0 Å². The maximum absolute atomic E-state index is 13.0. The zero-order valence-electron chi connectivity index (χ0n) is 20.8. The molecule has 3 aromatic carbocycles. The number of thiophene rings is 1. The summed E-state index contributed by atoms with van der Waals surface area (Å²) < 4.78 is 17.0. The molecule has 9 nitrogen and oxygen atoms in total.